The molecular weight excluding hydrogens is 326 g/mol. The second kappa shape index (κ2) is 7.85. The molecule has 0 aliphatic carbocycles. The van der Waals surface area contributed by atoms with E-state index in [0.717, 1.165) is 5.56 Å². The summed E-state index contributed by atoms with van der Waals surface area (Å²) in [5, 5.41) is 14.8. The minimum Gasteiger partial charge on any atom is -0.453 e. The van der Waals surface area contributed by atoms with Gasteiger partial charge in [-0.15, -0.1) is 0 Å². The van der Waals surface area contributed by atoms with Crippen molar-refractivity contribution >= 4 is 6.09 Å². The summed E-state index contributed by atoms with van der Waals surface area (Å²) in [7, 11) is 1.31. The lowest BCUT2D eigenvalue weighted by molar-refractivity contribution is 0.0350. The average Bonchev–Trinajstić information content (AvgIpc) is 2.73. The Bertz CT molecular complexity index is 796. The van der Waals surface area contributed by atoms with Crippen LogP contribution in [0.3, 0.4) is 0 Å². The van der Waals surface area contributed by atoms with Crippen LogP contribution in [0.5, 0.6) is 0 Å². The molecule has 3 aromatic carbocycles. The van der Waals surface area contributed by atoms with E-state index in [9.17, 15) is 9.90 Å². The number of benzene rings is 3. The summed E-state index contributed by atoms with van der Waals surface area (Å²) in [6.07, 6.45) is -0.607. The zero-order valence-corrected chi connectivity index (χ0v) is 14.5. The van der Waals surface area contributed by atoms with E-state index < -0.39 is 17.7 Å². The fourth-order valence-electron chi connectivity index (χ4n) is 3.14. The van der Waals surface area contributed by atoms with Gasteiger partial charge in [0.15, 0.2) is 0 Å². The van der Waals surface area contributed by atoms with Crippen LogP contribution in [0.2, 0.25) is 0 Å². The maximum absolute atomic E-state index is 12.1. The Labute approximate surface area is 153 Å². The monoisotopic (exact) mass is 347 g/mol. The molecule has 0 bridgehead atoms. The van der Waals surface area contributed by atoms with Gasteiger partial charge in [-0.3, -0.25) is 0 Å². The van der Waals surface area contributed by atoms with Crippen LogP contribution in [-0.4, -0.2) is 18.3 Å². The number of carbonyl (C=O) groups excluding carboxylic acids is 1. The highest BCUT2D eigenvalue weighted by atomic mass is 16.5. The molecule has 0 aliphatic heterocycles. The number of carbonyl (C=O) groups is 1. The Morgan fingerprint density at radius 1 is 0.846 bits per heavy atom. The highest BCUT2D eigenvalue weighted by Gasteiger charge is 2.42. The maximum atomic E-state index is 12.1. The van der Waals surface area contributed by atoms with Gasteiger partial charge >= 0.3 is 6.09 Å². The third-order valence-electron chi connectivity index (χ3n) is 4.43. The van der Waals surface area contributed by atoms with Gasteiger partial charge in [0.05, 0.1) is 13.2 Å². The van der Waals surface area contributed by atoms with E-state index in [0.29, 0.717) is 11.1 Å². The summed E-state index contributed by atoms with van der Waals surface area (Å²) in [5.74, 6) is 0. The predicted octanol–water partition coefficient (Wildman–Crippen LogP) is 4.02. The van der Waals surface area contributed by atoms with Gasteiger partial charge in [0.1, 0.15) is 5.60 Å². The summed E-state index contributed by atoms with van der Waals surface area (Å²) in [6.45, 7) is 0. The van der Waals surface area contributed by atoms with E-state index in [2.05, 4.69) is 5.32 Å². The molecule has 0 aromatic heterocycles. The summed E-state index contributed by atoms with van der Waals surface area (Å²) >= 11 is 0. The molecule has 0 saturated heterocycles. The molecule has 3 aromatic rings. The fraction of sp³-hybridized carbons (Fsp3) is 0.136. The van der Waals surface area contributed by atoms with Crippen LogP contribution in [0.15, 0.2) is 91.0 Å². The Balaban J connectivity index is 2.21. The lowest BCUT2D eigenvalue weighted by Gasteiger charge is -2.37. The molecule has 132 valence electrons. The van der Waals surface area contributed by atoms with Crippen molar-refractivity contribution in [1.82, 2.24) is 5.32 Å². The normalized spacial score (nSPS) is 12.2. The SMILES string of the molecule is COC(=O)N[C@@H](c1ccccc1)C(O)(c1ccccc1)c1ccccc1. The van der Waals surface area contributed by atoms with Crippen molar-refractivity contribution in [1.29, 1.82) is 0 Å². The Morgan fingerprint density at radius 3 is 1.69 bits per heavy atom. The van der Waals surface area contributed by atoms with Crippen LogP contribution in [0.4, 0.5) is 4.79 Å². The van der Waals surface area contributed by atoms with Crippen LogP contribution < -0.4 is 5.32 Å². The Morgan fingerprint density at radius 2 is 1.27 bits per heavy atom. The summed E-state index contributed by atoms with van der Waals surface area (Å²) in [6, 6.07) is 27.3. The molecular formula is C22H21NO3. The van der Waals surface area contributed by atoms with E-state index in [1.807, 2.05) is 91.0 Å². The smallest absolute Gasteiger partial charge is 0.407 e. The predicted molar refractivity (Wildman–Crippen MR) is 101 cm³/mol. The summed E-state index contributed by atoms with van der Waals surface area (Å²) in [5.41, 5.74) is 0.652. The van der Waals surface area contributed by atoms with E-state index in [-0.39, 0.29) is 0 Å². The number of methoxy groups -OCH3 is 1. The largest absolute Gasteiger partial charge is 0.453 e. The number of ether oxygens (including phenoxy) is 1. The van der Waals surface area contributed by atoms with Crippen molar-refractivity contribution in [2.45, 2.75) is 11.6 Å². The fourth-order valence-corrected chi connectivity index (χ4v) is 3.14. The molecule has 2 N–H and O–H groups in total. The lowest BCUT2D eigenvalue weighted by Crippen LogP contribution is -2.45. The van der Waals surface area contributed by atoms with Crippen molar-refractivity contribution in [2.24, 2.45) is 0 Å². The molecule has 0 aliphatic rings. The molecule has 0 heterocycles. The van der Waals surface area contributed by atoms with E-state index >= 15 is 0 Å². The molecule has 0 spiro atoms. The molecule has 1 amide bonds. The van der Waals surface area contributed by atoms with Crippen molar-refractivity contribution in [3.05, 3.63) is 108 Å². The molecule has 0 unspecified atom stereocenters. The van der Waals surface area contributed by atoms with E-state index in [4.69, 9.17) is 4.74 Å². The lowest BCUT2D eigenvalue weighted by atomic mass is 9.77. The van der Waals surface area contributed by atoms with Crippen LogP contribution >= 0.6 is 0 Å². The van der Waals surface area contributed by atoms with Gasteiger partial charge in [-0.25, -0.2) is 4.79 Å². The van der Waals surface area contributed by atoms with Crippen LogP contribution in [0.25, 0.3) is 0 Å². The van der Waals surface area contributed by atoms with Crippen LogP contribution in [0.1, 0.15) is 22.7 Å². The number of amides is 1. The average molecular weight is 347 g/mol. The third-order valence-corrected chi connectivity index (χ3v) is 4.43. The highest BCUT2D eigenvalue weighted by molar-refractivity contribution is 5.68. The minimum atomic E-state index is -1.47. The number of nitrogens with one attached hydrogen (secondary N) is 1. The van der Waals surface area contributed by atoms with Gasteiger partial charge in [-0.05, 0) is 16.7 Å². The van der Waals surface area contributed by atoms with Crippen molar-refractivity contribution in [2.75, 3.05) is 7.11 Å². The number of hydrogen-bond donors (Lipinski definition) is 2. The Kier molecular flexibility index (Phi) is 5.34. The van der Waals surface area contributed by atoms with Crippen LogP contribution in [0, 0.1) is 0 Å². The molecule has 0 radical (unpaired) electrons. The maximum Gasteiger partial charge on any atom is 0.407 e. The first-order valence-corrected chi connectivity index (χ1v) is 8.39. The van der Waals surface area contributed by atoms with Gasteiger partial charge < -0.3 is 15.2 Å². The first-order valence-electron chi connectivity index (χ1n) is 8.39. The van der Waals surface area contributed by atoms with Gasteiger partial charge in [-0.2, -0.15) is 0 Å². The number of aliphatic hydroxyl groups is 1. The van der Waals surface area contributed by atoms with Gasteiger partial charge in [0, 0.05) is 0 Å². The minimum absolute atomic E-state index is 0.607. The van der Waals surface area contributed by atoms with Crippen molar-refractivity contribution < 1.29 is 14.6 Å². The molecule has 26 heavy (non-hydrogen) atoms. The van der Waals surface area contributed by atoms with Crippen molar-refractivity contribution in [3.8, 4) is 0 Å². The zero-order chi connectivity index (χ0) is 18.4. The second-order valence-corrected chi connectivity index (χ2v) is 5.98. The van der Waals surface area contributed by atoms with Gasteiger partial charge in [0.25, 0.3) is 0 Å². The summed E-state index contributed by atoms with van der Waals surface area (Å²) < 4.78 is 4.81. The standard InChI is InChI=1S/C22H21NO3/c1-26-21(24)23-20(17-11-5-2-6-12-17)22(25,18-13-7-3-8-14-18)19-15-9-4-10-16-19/h2-16,20,25H,1H3,(H,23,24)/t20-/m0/s1. The van der Waals surface area contributed by atoms with Crippen molar-refractivity contribution in [3.63, 3.8) is 0 Å². The first kappa shape index (κ1) is 17.7. The molecule has 4 nitrogen and oxygen atoms in total. The van der Waals surface area contributed by atoms with E-state index in [1.54, 1.807) is 0 Å². The summed E-state index contributed by atoms with van der Waals surface area (Å²) in [4.78, 5) is 12.1. The van der Waals surface area contributed by atoms with Crippen LogP contribution in [-0.2, 0) is 10.3 Å². The topological polar surface area (TPSA) is 58.6 Å². The zero-order valence-electron chi connectivity index (χ0n) is 14.5. The molecule has 4 heteroatoms. The second-order valence-electron chi connectivity index (χ2n) is 5.98. The van der Waals surface area contributed by atoms with E-state index in [1.165, 1.54) is 7.11 Å². The van der Waals surface area contributed by atoms with Gasteiger partial charge in [-0.1, -0.05) is 91.0 Å². The third kappa shape index (κ3) is 3.46. The molecule has 1 atom stereocenters. The molecule has 0 fully saturated rings. The highest BCUT2D eigenvalue weighted by Crippen LogP contribution is 2.41. The van der Waals surface area contributed by atoms with Gasteiger partial charge in [0.2, 0.25) is 0 Å². The number of hydrogen-bond acceptors (Lipinski definition) is 3. The quantitative estimate of drug-likeness (QED) is 0.733. The first-order chi connectivity index (χ1) is 12.7. The Hall–Kier alpha value is -3.11. The number of alkyl carbamates (subject to hydrolysis) is 1. The molecule has 0 saturated carbocycles. The number of rotatable bonds is 5. The molecule has 3 rings (SSSR count).